The van der Waals surface area contributed by atoms with Gasteiger partial charge in [-0.15, -0.1) is 11.3 Å². The van der Waals surface area contributed by atoms with Gasteiger partial charge >= 0.3 is 0 Å². The second kappa shape index (κ2) is 6.09. The lowest BCUT2D eigenvalue weighted by molar-refractivity contribution is -0.117. The van der Waals surface area contributed by atoms with Crippen molar-refractivity contribution in [1.29, 1.82) is 0 Å². The number of amides is 1. The predicted octanol–water partition coefficient (Wildman–Crippen LogP) is 3.33. The van der Waals surface area contributed by atoms with Gasteiger partial charge in [0.2, 0.25) is 17.6 Å². The summed E-state index contributed by atoms with van der Waals surface area (Å²) >= 11 is 1.56. The summed E-state index contributed by atoms with van der Waals surface area (Å²) in [5.41, 5.74) is 0.769. The van der Waals surface area contributed by atoms with E-state index in [4.69, 9.17) is 9.26 Å². The molecule has 1 aliphatic rings. The van der Waals surface area contributed by atoms with E-state index in [1.807, 2.05) is 41.8 Å². The highest BCUT2D eigenvalue weighted by molar-refractivity contribution is 7.13. The number of nitrogens with zero attached hydrogens (tertiary/aromatic N) is 3. The molecule has 3 aromatic rings. The van der Waals surface area contributed by atoms with Crippen LogP contribution in [0.1, 0.15) is 18.2 Å². The van der Waals surface area contributed by atoms with Crippen LogP contribution in [0.25, 0.3) is 10.7 Å². The highest BCUT2D eigenvalue weighted by atomic mass is 32.1. The molecule has 0 spiro atoms. The van der Waals surface area contributed by atoms with Gasteiger partial charge in [0.1, 0.15) is 5.75 Å². The van der Waals surface area contributed by atoms with Crippen LogP contribution in [0.5, 0.6) is 5.75 Å². The van der Waals surface area contributed by atoms with Crippen molar-refractivity contribution in [3.8, 4) is 16.5 Å². The standard InChI is InChI=1S/C17H15N3O3S/c1-22-13-6-3-2-5-12(13)20-10-11(9-15(20)21)17-18-16(19-23-17)14-7-4-8-24-14/h2-8,11H,9-10H2,1H3. The molecule has 2 aromatic heterocycles. The number of hydrogen-bond acceptors (Lipinski definition) is 6. The lowest BCUT2D eigenvalue weighted by atomic mass is 10.1. The van der Waals surface area contributed by atoms with Crippen molar-refractivity contribution in [2.75, 3.05) is 18.6 Å². The molecule has 4 rings (SSSR count). The molecule has 6 nitrogen and oxygen atoms in total. The van der Waals surface area contributed by atoms with Crippen LogP contribution >= 0.6 is 11.3 Å². The molecule has 0 saturated carbocycles. The minimum Gasteiger partial charge on any atom is -0.495 e. The number of rotatable bonds is 4. The van der Waals surface area contributed by atoms with Gasteiger partial charge in [-0.1, -0.05) is 23.4 Å². The molecule has 122 valence electrons. The molecular formula is C17H15N3O3S. The molecule has 1 fully saturated rings. The summed E-state index contributed by atoms with van der Waals surface area (Å²) in [6.07, 6.45) is 0.351. The fourth-order valence-corrected chi connectivity index (χ4v) is 3.51. The minimum absolute atomic E-state index is 0.0281. The minimum atomic E-state index is -0.108. The van der Waals surface area contributed by atoms with Gasteiger partial charge < -0.3 is 14.2 Å². The molecule has 1 amide bonds. The van der Waals surface area contributed by atoms with E-state index in [2.05, 4.69) is 10.1 Å². The monoisotopic (exact) mass is 341 g/mol. The second-order valence-corrected chi connectivity index (χ2v) is 6.46. The Morgan fingerprint density at radius 3 is 2.96 bits per heavy atom. The molecule has 0 aliphatic carbocycles. The number of carbonyl (C=O) groups is 1. The topological polar surface area (TPSA) is 68.5 Å². The first-order chi connectivity index (χ1) is 11.8. The molecule has 1 atom stereocenters. The molecule has 1 aliphatic heterocycles. The average molecular weight is 341 g/mol. The number of aromatic nitrogens is 2. The third kappa shape index (κ3) is 2.56. The molecule has 1 aromatic carbocycles. The number of hydrogen-bond donors (Lipinski definition) is 0. The quantitative estimate of drug-likeness (QED) is 0.728. The lowest BCUT2D eigenvalue weighted by Crippen LogP contribution is -2.24. The van der Waals surface area contributed by atoms with E-state index in [9.17, 15) is 4.79 Å². The maximum Gasteiger partial charge on any atom is 0.232 e. The van der Waals surface area contributed by atoms with E-state index in [1.54, 1.807) is 23.3 Å². The lowest BCUT2D eigenvalue weighted by Gasteiger charge is -2.18. The van der Waals surface area contributed by atoms with Crippen LogP contribution < -0.4 is 9.64 Å². The summed E-state index contributed by atoms with van der Waals surface area (Å²) in [6.45, 7) is 0.505. The highest BCUT2D eigenvalue weighted by Gasteiger charge is 2.36. The third-order valence-corrected chi connectivity index (χ3v) is 4.90. The molecule has 0 bridgehead atoms. The van der Waals surface area contributed by atoms with Gasteiger partial charge in [-0.2, -0.15) is 4.98 Å². The van der Waals surface area contributed by atoms with Crippen LogP contribution in [0.3, 0.4) is 0 Å². The Hall–Kier alpha value is -2.67. The maximum absolute atomic E-state index is 12.4. The first-order valence-corrected chi connectivity index (χ1v) is 8.45. The van der Waals surface area contributed by atoms with Crippen molar-refractivity contribution in [2.45, 2.75) is 12.3 Å². The van der Waals surface area contributed by atoms with Crippen LogP contribution in [-0.4, -0.2) is 29.7 Å². The van der Waals surface area contributed by atoms with Gasteiger partial charge in [0.15, 0.2) is 0 Å². The van der Waals surface area contributed by atoms with Gasteiger partial charge in [0.05, 0.1) is 23.6 Å². The number of anilines is 1. The largest absolute Gasteiger partial charge is 0.495 e. The van der Waals surface area contributed by atoms with Crippen molar-refractivity contribution in [3.63, 3.8) is 0 Å². The first kappa shape index (κ1) is 14.9. The Morgan fingerprint density at radius 2 is 2.17 bits per heavy atom. The van der Waals surface area contributed by atoms with E-state index in [0.717, 1.165) is 10.6 Å². The van der Waals surface area contributed by atoms with E-state index >= 15 is 0 Å². The van der Waals surface area contributed by atoms with E-state index in [-0.39, 0.29) is 11.8 Å². The number of benzene rings is 1. The van der Waals surface area contributed by atoms with Crippen molar-refractivity contribution in [1.82, 2.24) is 10.1 Å². The molecule has 1 saturated heterocycles. The average Bonchev–Trinajstić information content (AvgIpc) is 3.34. The zero-order valence-electron chi connectivity index (χ0n) is 13.0. The smallest absolute Gasteiger partial charge is 0.232 e. The van der Waals surface area contributed by atoms with Gasteiger partial charge in [-0.25, -0.2) is 0 Å². The maximum atomic E-state index is 12.4. The van der Waals surface area contributed by atoms with Crippen LogP contribution in [0, 0.1) is 0 Å². The van der Waals surface area contributed by atoms with Crippen LogP contribution in [0.4, 0.5) is 5.69 Å². The Labute approximate surface area is 142 Å². The summed E-state index contributed by atoms with van der Waals surface area (Å²) < 4.78 is 10.8. The molecular weight excluding hydrogens is 326 g/mol. The Morgan fingerprint density at radius 1 is 1.29 bits per heavy atom. The SMILES string of the molecule is COc1ccccc1N1CC(c2nc(-c3cccs3)no2)CC1=O. The molecule has 24 heavy (non-hydrogen) atoms. The zero-order valence-corrected chi connectivity index (χ0v) is 13.8. The number of ether oxygens (including phenoxy) is 1. The Bertz CT molecular complexity index is 860. The van der Waals surface area contributed by atoms with Crippen molar-refractivity contribution >= 4 is 22.9 Å². The van der Waals surface area contributed by atoms with Crippen LogP contribution in [0.15, 0.2) is 46.3 Å². The van der Waals surface area contributed by atoms with Crippen LogP contribution in [0.2, 0.25) is 0 Å². The second-order valence-electron chi connectivity index (χ2n) is 5.51. The summed E-state index contributed by atoms with van der Waals surface area (Å²) in [6, 6.07) is 11.4. The number of thiophene rings is 1. The van der Waals surface area contributed by atoms with Crippen molar-refractivity contribution < 1.29 is 14.1 Å². The van der Waals surface area contributed by atoms with E-state index < -0.39 is 0 Å². The number of carbonyl (C=O) groups excluding carboxylic acids is 1. The fraction of sp³-hybridized carbons (Fsp3) is 0.235. The molecule has 7 heteroatoms. The van der Waals surface area contributed by atoms with Gasteiger partial charge in [-0.3, -0.25) is 4.79 Å². The van der Waals surface area contributed by atoms with Crippen molar-refractivity contribution in [2.24, 2.45) is 0 Å². The Kier molecular flexibility index (Phi) is 3.78. The van der Waals surface area contributed by atoms with Gasteiger partial charge in [0, 0.05) is 13.0 Å². The molecule has 0 radical (unpaired) electrons. The molecule has 1 unspecified atom stereocenters. The highest BCUT2D eigenvalue weighted by Crippen LogP contribution is 2.36. The summed E-state index contributed by atoms with van der Waals surface area (Å²) in [7, 11) is 1.60. The summed E-state index contributed by atoms with van der Waals surface area (Å²) in [5.74, 6) is 1.67. The van der Waals surface area contributed by atoms with Gasteiger partial charge in [-0.05, 0) is 23.6 Å². The van der Waals surface area contributed by atoms with Crippen molar-refractivity contribution in [3.05, 3.63) is 47.7 Å². The Balaban J connectivity index is 1.58. The van der Waals surface area contributed by atoms with Crippen LogP contribution in [-0.2, 0) is 4.79 Å². The van der Waals surface area contributed by atoms with E-state index in [1.165, 1.54) is 0 Å². The summed E-state index contributed by atoms with van der Waals surface area (Å²) in [4.78, 5) is 19.6. The molecule has 3 heterocycles. The normalized spacial score (nSPS) is 17.5. The fourth-order valence-electron chi connectivity index (χ4n) is 2.87. The predicted molar refractivity (Wildman–Crippen MR) is 90.3 cm³/mol. The third-order valence-electron chi connectivity index (χ3n) is 4.03. The molecule has 0 N–H and O–H groups in total. The number of para-hydroxylation sites is 2. The van der Waals surface area contributed by atoms with Gasteiger partial charge in [0.25, 0.3) is 0 Å². The first-order valence-electron chi connectivity index (χ1n) is 7.57. The zero-order chi connectivity index (χ0) is 16.5. The summed E-state index contributed by atoms with van der Waals surface area (Å²) in [5, 5.41) is 6.00. The number of methoxy groups -OCH3 is 1. The van der Waals surface area contributed by atoms with E-state index in [0.29, 0.717) is 30.4 Å².